The molecule has 0 unspecified atom stereocenters. The van der Waals surface area contributed by atoms with Gasteiger partial charge in [-0.05, 0) is 25.3 Å². The summed E-state index contributed by atoms with van der Waals surface area (Å²) in [5.74, 6) is -0.171. The number of nitrogens with zero attached hydrogens (tertiary/aromatic N) is 3. The lowest BCUT2D eigenvalue weighted by atomic mass is 10.1. The van der Waals surface area contributed by atoms with Crippen molar-refractivity contribution in [2.24, 2.45) is 0 Å². The Morgan fingerprint density at radius 1 is 1.50 bits per heavy atom. The predicted octanol–water partition coefficient (Wildman–Crippen LogP) is 2.32. The van der Waals surface area contributed by atoms with E-state index in [2.05, 4.69) is 9.84 Å². The third-order valence-electron chi connectivity index (χ3n) is 3.58. The summed E-state index contributed by atoms with van der Waals surface area (Å²) >= 11 is 0. The van der Waals surface area contributed by atoms with E-state index < -0.39 is 12.8 Å². The van der Waals surface area contributed by atoms with Gasteiger partial charge < -0.3 is 9.64 Å². The van der Waals surface area contributed by atoms with E-state index in [9.17, 15) is 18.0 Å². The van der Waals surface area contributed by atoms with Crippen molar-refractivity contribution in [2.45, 2.75) is 38.4 Å². The number of hydrogen-bond acceptors (Lipinski definition) is 3. The lowest BCUT2D eigenvalue weighted by Gasteiger charge is -2.33. The fourth-order valence-electron chi connectivity index (χ4n) is 2.54. The number of carbonyl (C=O) groups is 1. The molecule has 0 spiro atoms. The van der Waals surface area contributed by atoms with Crippen LogP contribution in [0.5, 0.6) is 0 Å². The topological polar surface area (TPSA) is 47.4 Å². The van der Waals surface area contributed by atoms with Crippen LogP contribution < -0.4 is 0 Å². The highest BCUT2D eigenvalue weighted by molar-refractivity contribution is 5.76. The number of carbonyl (C=O) groups excluding carboxylic acids is 1. The van der Waals surface area contributed by atoms with Crippen molar-refractivity contribution in [1.29, 1.82) is 0 Å². The van der Waals surface area contributed by atoms with Crippen LogP contribution in [0.1, 0.15) is 30.9 Å². The van der Waals surface area contributed by atoms with Crippen molar-refractivity contribution in [3.63, 3.8) is 0 Å². The summed E-state index contributed by atoms with van der Waals surface area (Å²) in [5.41, 5.74) is 1.06. The molecule has 0 saturated carbocycles. The Kier molecular flexibility index (Phi) is 5.44. The molecule has 2 heterocycles. The Balaban J connectivity index is 1.78. The number of amides is 1. The van der Waals surface area contributed by atoms with E-state index in [1.807, 2.05) is 17.8 Å². The van der Waals surface area contributed by atoms with Crippen molar-refractivity contribution in [1.82, 2.24) is 14.7 Å². The van der Waals surface area contributed by atoms with Crippen LogP contribution in [0, 0.1) is 6.92 Å². The Labute approximate surface area is 127 Å². The quantitative estimate of drug-likeness (QED) is 0.783. The minimum Gasteiger partial charge on any atom is -0.372 e. The molecule has 5 nitrogen and oxygen atoms in total. The van der Waals surface area contributed by atoms with Crippen molar-refractivity contribution >= 4 is 5.91 Å². The molecule has 22 heavy (non-hydrogen) atoms. The van der Waals surface area contributed by atoms with Gasteiger partial charge in [-0.1, -0.05) is 0 Å². The Morgan fingerprint density at radius 2 is 2.27 bits per heavy atom. The molecule has 0 aromatic carbocycles. The fraction of sp³-hybridized carbons (Fsp3) is 0.714. The molecule has 1 atom stereocenters. The van der Waals surface area contributed by atoms with E-state index in [0.29, 0.717) is 13.1 Å². The molecular weight excluding hydrogens is 299 g/mol. The summed E-state index contributed by atoms with van der Waals surface area (Å²) in [6.07, 6.45) is 1.13. The number of hydrogen-bond donors (Lipinski definition) is 0. The summed E-state index contributed by atoms with van der Waals surface area (Å²) < 4.78 is 42.2. The molecule has 0 bridgehead atoms. The van der Waals surface area contributed by atoms with Crippen LogP contribution in [-0.4, -0.2) is 53.1 Å². The molecule has 1 aliphatic rings. The fourth-order valence-corrected chi connectivity index (χ4v) is 2.54. The van der Waals surface area contributed by atoms with Crippen LogP contribution in [0.3, 0.4) is 0 Å². The molecule has 0 N–H and O–H groups in total. The van der Waals surface area contributed by atoms with E-state index in [1.54, 1.807) is 11.1 Å². The molecule has 1 aromatic rings. The van der Waals surface area contributed by atoms with Crippen LogP contribution in [-0.2, 0) is 9.53 Å². The first-order valence-electron chi connectivity index (χ1n) is 7.28. The van der Waals surface area contributed by atoms with Gasteiger partial charge in [-0.25, -0.2) is 0 Å². The molecule has 8 heteroatoms. The summed E-state index contributed by atoms with van der Waals surface area (Å²) in [6, 6.07) is 0.127. The number of ether oxygens (including phenoxy) is 1. The first-order valence-corrected chi connectivity index (χ1v) is 7.28. The number of aromatic nitrogens is 2. The van der Waals surface area contributed by atoms with Gasteiger partial charge in [-0.15, -0.1) is 0 Å². The highest BCUT2D eigenvalue weighted by atomic mass is 19.4. The highest BCUT2D eigenvalue weighted by Gasteiger charge is 2.28. The van der Waals surface area contributed by atoms with Crippen LogP contribution in [0.4, 0.5) is 13.2 Å². The van der Waals surface area contributed by atoms with Gasteiger partial charge in [0.1, 0.15) is 6.61 Å². The first-order chi connectivity index (χ1) is 10.3. The molecule has 2 rings (SSSR count). The third kappa shape index (κ3) is 5.01. The Morgan fingerprint density at radius 3 is 2.91 bits per heavy atom. The number of halogens is 3. The molecule has 1 aromatic heterocycles. The molecule has 1 fully saturated rings. The Hall–Kier alpha value is -1.57. The van der Waals surface area contributed by atoms with Crippen LogP contribution in [0.2, 0.25) is 0 Å². The van der Waals surface area contributed by atoms with Crippen molar-refractivity contribution in [2.75, 3.05) is 26.3 Å². The lowest BCUT2D eigenvalue weighted by Crippen LogP contribution is -2.41. The third-order valence-corrected chi connectivity index (χ3v) is 3.58. The van der Waals surface area contributed by atoms with Gasteiger partial charge in [0.2, 0.25) is 5.91 Å². The molecule has 1 amide bonds. The lowest BCUT2D eigenvalue weighted by molar-refractivity contribution is -0.175. The van der Waals surface area contributed by atoms with E-state index in [-0.39, 0.29) is 25.0 Å². The molecule has 0 aliphatic carbocycles. The summed E-state index contributed by atoms with van der Waals surface area (Å²) in [5, 5.41) is 4.26. The molecule has 124 valence electrons. The largest absolute Gasteiger partial charge is 0.411 e. The monoisotopic (exact) mass is 319 g/mol. The molecule has 1 aliphatic heterocycles. The zero-order valence-corrected chi connectivity index (χ0v) is 12.5. The number of rotatable bonds is 5. The van der Waals surface area contributed by atoms with Crippen molar-refractivity contribution in [3.8, 4) is 0 Å². The van der Waals surface area contributed by atoms with E-state index in [0.717, 1.165) is 18.4 Å². The van der Waals surface area contributed by atoms with E-state index in [4.69, 9.17) is 0 Å². The predicted molar refractivity (Wildman–Crippen MR) is 73.3 cm³/mol. The Bertz CT molecular complexity index is 502. The maximum absolute atomic E-state index is 12.0. The van der Waals surface area contributed by atoms with Crippen LogP contribution in [0.15, 0.2) is 12.4 Å². The second-order valence-corrected chi connectivity index (χ2v) is 5.55. The number of alkyl halides is 3. The van der Waals surface area contributed by atoms with Crippen molar-refractivity contribution < 1.29 is 22.7 Å². The summed E-state index contributed by atoms with van der Waals surface area (Å²) in [6.45, 7) is 1.61. The van der Waals surface area contributed by atoms with Crippen LogP contribution >= 0.6 is 0 Å². The van der Waals surface area contributed by atoms with Gasteiger partial charge in [-0.2, -0.15) is 18.3 Å². The highest BCUT2D eigenvalue weighted by Crippen LogP contribution is 2.22. The second-order valence-electron chi connectivity index (χ2n) is 5.55. The summed E-state index contributed by atoms with van der Waals surface area (Å²) in [7, 11) is 0. The zero-order chi connectivity index (χ0) is 16.2. The minimum atomic E-state index is -4.35. The van der Waals surface area contributed by atoms with E-state index in [1.165, 1.54) is 0 Å². The van der Waals surface area contributed by atoms with Crippen molar-refractivity contribution in [3.05, 3.63) is 18.0 Å². The molecule has 0 radical (unpaired) electrons. The maximum Gasteiger partial charge on any atom is 0.411 e. The number of piperidine rings is 1. The minimum absolute atomic E-state index is 0.0269. The molecule has 1 saturated heterocycles. The number of aryl methyl sites for hydroxylation is 1. The zero-order valence-electron chi connectivity index (χ0n) is 12.5. The second kappa shape index (κ2) is 7.13. The van der Waals surface area contributed by atoms with Gasteiger partial charge in [0.25, 0.3) is 0 Å². The SMILES string of the molecule is Cc1cnn([C@@H]2CCCN(C(=O)CCOCC(F)(F)F)C2)c1. The molecular formula is C14H20F3N3O2. The van der Waals surface area contributed by atoms with Gasteiger partial charge in [0.15, 0.2) is 0 Å². The smallest absolute Gasteiger partial charge is 0.372 e. The first kappa shape index (κ1) is 16.8. The average Bonchev–Trinajstić information content (AvgIpc) is 2.89. The average molecular weight is 319 g/mol. The normalized spacial score (nSPS) is 19.5. The number of likely N-dealkylation sites (tertiary alicyclic amines) is 1. The maximum atomic E-state index is 12.0. The van der Waals surface area contributed by atoms with Gasteiger partial charge in [0.05, 0.1) is 25.3 Å². The van der Waals surface area contributed by atoms with Gasteiger partial charge in [-0.3, -0.25) is 9.48 Å². The van der Waals surface area contributed by atoms with Crippen LogP contribution in [0.25, 0.3) is 0 Å². The van der Waals surface area contributed by atoms with Gasteiger partial charge in [0, 0.05) is 19.3 Å². The van der Waals surface area contributed by atoms with E-state index >= 15 is 0 Å². The van der Waals surface area contributed by atoms with Gasteiger partial charge >= 0.3 is 6.18 Å². The summed E-state index contributed by atoms with van der Waals surface area (Å²) in [4.78, 5) is 13.7. The standard InChI is InChI=1S/C14H20F3N3O2/c1-11-7-18-20(8-11)12-3-2-5-19(9-12)13(21)4-6-22-10-14(15,16)17/h7-8,12H,2-6,9-10H2,1H3/t12-/m1/s1.